The number of rotatable bonds is 5. The number of halogens is 1. The number of ether oxygens (including phenoxy) is 1. The van der Waals surface area contributed by atoms with E-state index in [-0.39, 0.29) is 5.91 Å². The number of carbonyl (C=O) groups is 1. The number of carbonyl (C=O) groups excluding carboxylic acids is 1. The Morgan fingerprint density at radius 1 is 1.05 bits per heavy atom. The van der Waals surface area contributed by atoms with E-state index in [2.05, 4.69) is 27.9 Å². The molecule has 0 spiro atoms. The second kappa shape index (κ2) is 7.13. The summed E-state index contributed by atoms with van der Waals surface area (Å²) in [7, 11) is 0. The molecule has 1 N–H and O–H groups in total. The monoisotopic (exact) mass is 367 g/mol. The summed E-state index contributed by atoms with van der Waals surface area (Å²) < 4.78 is 6.61. The fraction of sp³-hybridized carbons (Fsp3) is 0.133. The molecule has 98 valence electrons. The van der Waals surface area contributed by atoms with Gasteiger partial charge in [0.15, 0.2) is 0 Å². The summed E-state index contributed by atoms with van der Waals surface area (Å²) in [6, 6.07) is 17.0. The van der Waals surface area contributed by atoms with Gasteiger partial charge in [-0.1, -0.05) is 18.2 Å². The molecule has 0 fully saturated rings. The van der Waals surface area contributed by atoms with Crippen molar-refractivity contribution in [3.63, 3.8) is 0 Å². The summed E-state index contributed by atoms with van der Waals surface area (Å²) in [6.45, 7) is 0.944. The molecule has 0 aromatic heterocycles. The second-order valence-corrected chi connectivity index (χ2v) is 5.17. The molecule has 2 aromatic carbocycles. The lowest BCUT2D eigenvalue weighted by atomic mass is 10.2. The van der Waals surface area contributed by atoms with Gasteiger partial charge < -0.3 is 10.1 Å². The van der Waals surface area contributed by atoms with Gasteiger partial charge in [-0.25, -0.2) is 0 Å². The molecule has 2 rings (SSSR count). The number of nitrogens with one attached hydrogen (secondary N) is 1. The van der Waals surface area contributed by atoms with Crippen LogP contribution < -0.4 is 10.1 Å². The zero-order chi connectivity index (χ0) is 13.5. The van der Waals surface area contributed by atoms with E-state index in [0.29, 0.717) is 18.7 Å². The van der Waals surface area contributed by atoms with Crippen LogP contribution in [0.2, 0.25) is 0 Å². The van der Waals surface area contributed by atoms with Crippen molar-refractivity contribution in [3.05, 3.63) is 63.7 Å². The van der Waals surface area contributed by atoms with Gasteiger partial charge in [0.2, 0.25) is 0 Å². The lowest BCUT2D eigenvalue weighted by molar-refractivity contribution is 0.0947. The van der Waals surface area contributed by atoms with Crippen molar-refractivity contribution in [3.8, 4) is 5.75 Å². The quantitative estimate of drug-likeness (QED) is 0.652. The highest BCUT2D eigenvalue weighted by atomic mass is 127. The van der Waals surface area contributed by atoms with Gasteiger partial charge in [0.1, 0.15) is 12.4 Å². The number of benzene rings is 2. The van der Waals surface area contributed by atoms with Gasteiger partial charge in [0.05, 0.1) is 6.54 Å². The van der Waals surface area contributed by atoms with E-state index in [1.54, 1.807) is 0 Å². The summed E-state index contributed by atoms with van der Waals surface area (Å²) in [5.41, 5.74) is 0.667. The third-order valence-corrected chi connectivity index (χ3v) is 3.23. The molecule has 0 saturated heterocycles. The molecule has 4 heteroatoms. The third kappa shape index (κ3) is 4.55. The number of hydrogen-bond donors (Lipinski definition) is 1. The Morgan fingerprint density at radius 2 is 1.74 bits per heavy atom. The highest BCUT2D eigenvalue weighted by molar-refractivity contribution is 14.1. The molecule has 2 aromatic rings. The van der Waals surface area contributed by atoms with Crippen LogP contribution in [0, 0.1) is 3.57 Å². The molecule has 0 radical (unpaired) electrons. The largest absolute Gasteiger partial charge is 0.492 e. The summed E-state index contributed by atoms with van der Waals surface area (Å²) in [6.07, 6.45) is 0. The first-order valence-electron chi connectivity index (χ1n) is 5.97. The first-order valence-corrected chi connectivity index (χ1v) is 7.05. The summed E-state index contributed by atoms with van der Waals surface area (Å²) in [5, 5.41) is 2.82. The zero-order valence-corrected chi connectivity index (χ0v) is 12.5. The van der Waals surface area contributed by atoms with Crippen LogP contribution in [0.25, 0.3) is 0 Å². The predicted molar refractivity (Wildman–Crippen MR) is 83.4 cm³/mol. The molecular formula is C15H14INO2. The number of hydrogen-bond acceptors (Lipinski definition) is 2. The van der Waals surface area contributed by atoms with Crippen molar-refractivity contribution < 1.29 is 9.53 Å². The van der Waals surface area contributed by atoms with Gasteiger partial charge in [-0.05, 0) is 59.0 Å². The molecule has 0 aliphatic carbocycles. The smallest absolute Gasteiger partial charge is 0.251 e. The predicted octanol–water partition coefficient (Wildman–Crippen LogP) is 3.10. The van der Waals surface area contributed by atoms with Crippen molar-refractivity contribution in [2.75, 3.05) is 13.2 Å². The summed E-state index contributed by atoms with van der Waals surface area (Å²) >= 11 is 2.21. The first-order chi connectivity index (χ1) is 9.25. The SMILES string of the molecule is O=C(NCCOc1ccccc1)c1ccc(I)cc1. The minimum absolute atomic E-state index is 0.0759. The van der Waals surface area contributed by atoms with Crippen molar-refractivity contribution in [1.82, 2.24) is 5.32 Å². The highest BCUT2D eigenvalue weighted by Gasteiger charge is 2.03. The van der Waals surface area contributed by atoms with Gasteiger partial charge in [-0.15, -0.1) is 0 Å². The maximum Gasteiger partial charge on any atom is 0.251 e. The fourth-order valence-electron chi connectivity index (χ4n) is 1.55. The summed E-state index contributed by atoms with van der Waals surface area (Å²) in [4.78, 5) is 11.8. The van der Waals surface area contributed by atoms with Gasteiger partial charge in [0.25, 0.3) is 5.91 Å². The molecule has 0 unspecified atom stereocenters. The highest BCUT2D eigenvalue weighted by Crippen LogP contribution is 2.08. The van der Waals surface area contributed by atoms with E-state index < -0.39 is 0 Å². The van der Waals surface area contributed by atoms with Gasteiger partial charge in [0, 0.05) is 9.13 Å². The van der Waals surface area contributed by atoms with E-state index in [9.17, 15) is 4.79 Å². The average molecular weight is 367 g/mol. The molecule has 1 amide bonds. The maximum absolute atomic E-state index is 11.8. The van der Waals surface area contributed by atoms with Crippen molar-refractivity contribution in [2.24, 2.45) is 0 Å². The normalized spacial score (nSPS) is 9.95. The lowest BCUT2D eigenvalue weighted by Crippen LogP contribution is -2.28. The molecular weight excluding hydrogens is 353 g/mol. The van der Waals surface area contributed by atoms with Crippen LogP contribution in [0.4, 0.5) is 0 Å². The minimum atomic E-state index is -0.0759. The molecule has 19 heavy (non-hydrogen) atoms. The fourth-order valence-corrected chi connectivity index (χ4v) is 1.91. The van der Waals surface area contributed by atoms with Crippen LogP contribution in [-0.2, 0) is 0 Å². The molecule has 0 bridgehead atoms. The van der Waals surface area contributed by atoms with E-state index in [0.717, 1.165) is 9.32 Å². The van der Waals surface area contributed by atoms with E-state index >= 15 is 0 Å². The van der Waals surface area contributed by atoms with Crippen LogP contribution in [-0.4, -0.2) is 19.1 Å². The second-order valence-electron chi connectivity index (χ2n) is 3.92. The number of para-hydroxylation sites is 1. The van der Waals surface area contributed by atoms with Crippen molar-refractivity contribution in [2.45, 2.75) is 0 Å². The topological polar surface area (TPSA) is 38.3 Å². The van der Waals surface area contributed by atoms with Gasteiger partial charge in [-0.3, -0.25) is 4.79 Å². The Morgan fingerprint density at radius 3 is 2.42 bits per heavy atom. The van der Waals surface area contributed by atoms with Crippen molar-refractivity contribution in [1.29, 1.82) is 0 Å². The van der Waals surface area contributed by atoms with Crippen LogP contribution in [0.15, 0.2) is 54.6 Å². The van der Waals surface area contributed by atoms with Crippen LogP contribution in [0.3, 0.4) is 0 Å². The van der Waals surface area contributed by atoms with Gasteiger partial charge in [-0.2, -0.15) is 0 Å². The molecule has 0 heterocycles. The van der Waals surface area contributed by atoms with E-state index in [4.69, 9.17) is 4.74 Å². The minimum Gasteiger partial charge on any atom is -0.492 e. The van der Waals surface area contributed by atoms with Crippen LogP contribution in [0.5, 0.6) is 5.75 Å². The molecule has 0 atom stereocenters. The van der Waals surface area contributed by atoms with E-state index in [1.807, 2.05) is 54.6 Å². The van der Waals surface area contributed by atoms with E-state index in [1.165, 1.54) is 0 Å². The van der Waals surface area contributed by atoms with Crippen molar-refractivity contribution >= 4 is 28.5 Å². The Bertz CT molecular complexity index is 526. The molecule has 3 nitrogen and oxygen atoms in total. The Balaban J connectivity index is 1.74. The standard InChI is InChI=1S/C15H14INO2/c16-13-8-6-12(7-9-13)15(18)17-10-11-19-14-4-2-1-3-5-14/h1-9H,10-11H2,(H,17,18). The Kier molecular flexibility index (Phi) is 5.20. The Hall–Kier alpha value is -1.56. The molecule has 0 aliphatic rings. The van der Waals surface area contributed by atoms with Crippen LogP contribution in [0.1, 0.15) is 10.4 Å². The maximum atomic E-state index is 11.8. The summed E-state index contributed by atoms with van der Waals surface area (Å²) in [5.74, 6) is 0.735. The zero-order valence-electron chi connectivity index (χ0n) is 10.3. The van der Waals surface area contributed by atoms with Crippen LogP contribution >= 0.6 is 22.6 Å². The Labute approximate surface area is 126 Å². The lowest BCUT2D eigenvalue weighted by Gasteiger charge is -2.07. The van der Waals surface area contributed by atoms with Gasteiger partial charge >= 0.3 is 0 Å². The third-order valence-electron chi connectivity index (χ3n) is 2.51. The number of amides is 1. The molecule has 0 saturated carbocycles. The first kappa shape index (κ1) is 13.9. The molecule has 0 aliphatic heterocycles. The average Bonchev–Trinajstić information content (AvgIpc) is 2.45.